The van der Waals surface area contributed by atoms with Gasteiger partial charge in [0.2, 0.25) is 5.88 Å². The number of rotatable bonds is 2. The standard InChI is InChI=1S/C8H8F3NO.C2H6/c1-2-13-7-4-3-6(5-12-7)8(9,10)11;1-2/h3-5H,2H2,1H3;1-2H3. The van der Waals surface area contributed by atoms with Crippen LogP contribution in [0.4, 0.5) is 13.2 Å². The van der Waals surface area contributed by atoms with Crippen LogP contribution in [0.2, 0.25) is 0 Å². The van der Waals surface area contributed by atoms with Crippen molar-refractivity contribution in [1.29, 1.82) is 0 Å². The number of ether oxygens (including phenoxy) is 1. The first-order valence-corrected chi connectivity index (χ1v) is 4.70. The van der Waals surface area contributed by atoms with Gasteiger partial charge in [-0.05, 0) is 13.0 Å². The Hall–Kier alpha value is -1.26. The lowest BCUT2D eigenvalue weighted by molar-refractivity contribution is -0.137. The first kappa shape index (κ1) is 13.7. The average Bonchev–Trinajstić information content (AvgIpc) is 2.21. The molecule has 0 aromatic carbocycles. The van der Waals surface area contributed by atoms with Crippen LogP contribution in [-0.4, -0.2) is 11.6 Å². The predicted octanol–water partition coefficient (Wildman–Crippen LogP) is 3.53. The minimum absolute atomic E-state index is 0.204. The first-order chi connectivity index (χ1) is 7.04. The van der Waals surface area contributed by atoms with E-state index in [1.165, 1.54) is 6.07 Å². The van der Waals surface area contributed by atoms with Crippen molar-refractivity contribution in [1.82, 2.24) is 4.98 Å². The van der Waals surface area contributed by atoms with Gasteiger partial charge in [-0.25, -0.2) is 4.98 Å². The van der Waals surface area contributed by atoms with Crippen molar-refractivity contribution in [3.8, 4) is 5.88 Å². The Balaban J connectivity index is 0.000000921. The normalized spacial score (nSPS) is 10.3. The first-order valence-electron chi connectivity index (χ1n) is 4.70. The summed E-state index contributed by atoms with van der Waals surface area (Å²) >= 11 is 0. The van der Waals surface area contributed by atoms with Gasteiger partial charge in [-0.3, -0.25) is 0 Å². The number of pyridine rings is 1. The van der Waals surface area contributed by atoms with Crippen LogP contribution in [0.15, 0.2) is 18.3 Å². The van der Waals surface area contributed by atoms with E-state index in [9.17, 15) is 13.2 Å². The molecule has 0 atom stereocenters. The summed E-state index contributed by atoms with van der Waals surface area (Å²) in [7, 11) is 0. The highest BCUT2D eigenvalue weighted by Crippen LogP contribution is 2.28. The van der Waals surface area contributed by atoms with E-state index in [0.29, 0.717) is 6.61 Å². The number of halogens is 3. The fraction of sp³-hybridized carbons (Fsp3) is 0.500. The van der Waals surface area contributed by atoms with E-state index in [4.69, 9.17) is 4.74 Å². The maximum atomic E-state index is 12.0. The number of aromatic nitrogens is 1. The summed E-state index contributed by atoms with van der Waals surface area (Å²) in [5.74, 6) is 0.204. The van der Waals surface area contributed by atoms with Gasteiger partial charge in [0.15, 0.2) is 0 Å². The van der Waals surface area contributed by atoms with Gasteiger partial charge < -0.3 is 4.74 Å². The third-order valence-electron chi connectivity index (χ3n) is 1.36. The van der Waals surface area contributed by atoms with Crippen LogP contribution in [-0.2, 0) is 6.18 Å². The molecule has 86 valence electrons. The molecule has 0 spiro atoms. The zero-order valence-corrected chi connectivity index (χ0v) is 8.93. The molecule has 0 unspecified atom stereocenters. The van der Waals surface area contributed by atoms with Gasteiger partial charge in [0.1, 0.15) is 0 Å². The summed E-state index contributed by atoms with van der Waals surface area (Å²) in [5, 5.41) is 0. The molecular formula is C10H14F3NO. The maximum Gasteiger partial charge on any atom is 0.417 e. The predicted molar refractivity (Wildman–Crippen MR) is 51.8 cm³/mol. The third-order valence-corrected chi connectivity index (χ3v) is 1.36. The molecule has 0 saturated heterocycles. The summed E-state index contributed by atoms with van der Waals surface area (Å²) in [6.45, 7) is 6.12. The lowest BCUT2D eigenvalue weighted by atomic mass is 10.3. The molecule has 0 bridgehead atoms. The molecule has 5 heteroatoms. The van der Waals surface area contributed by atoms with Crippen LogP contribution in [0.3, 0.4) is 0 Å². The van der Waals surface area contributed by atoms with Gasteiger partial charge in [0.25, 0.3) is 0 Å². The Morgan fingerprint density at radius 3 is 2.20 bits per heavy atom. The van der Waals surface area contributed by atoms with Crippen molar-refractivity contribution in [2.75, 3.05) is 6.61 Å². The molecule has 0 fully saturated rings. The number of hydrogen-bond donors (Lipinski definition) is 0. The van der Waals surface area contributed by atoms with Crippen LogP contribution in [0.25, 0.3) is 0 Å². The highest BCUT2D eigenvalue weighted by atomic mass is 19.4. The van der Waals surface area contributed by atoms with Gasteiger partial charge in [-0.2, -0.15) is 13.2 Å². The molecule has 1 aromatic heterocycles. The van der Waals surface area contributed by atoms with Crippen molar-refractivity contribution >= 4 is 0 Å². The summed E-state index contributed by atoms with van der Waals surface area (Å²) in [4.78, 5) is 3.49. The maximum absolute atomic E-state index is 12.0. The SMILES string of the molecule is CC.CCOc1ccc(C(F)(F)F)cn1. The van der Waals surface area contributed by atoms with Crippen LogP contribution in [0.1, 0.15) is 26.3 Å². The molecule has 0 radical (unpaired) electrons. The van der Waals surface area contributed by atoms with Gasteiger partial charge in [0, 0.05) is 12.3 Å². The molecule has 0 amide bonds. The van der Waals surface area contributed by atoms with Gasteiger partial charge >= 0.3 is 6.18 Å². The Morgan fingerprint density at radius 2 is 1.87 bits per heavy atom. The Labute approximate surface area is 87.1 Å². The smallest absolute Gasteiger partial charge is 0.417 e. The van der Waals surface area contributed by atoms with Crippen LogP contribution in [0, 0.1) is 0 Å². The van der Waals surface area contributed by atoms with Gasteiger partial charge in [0.05, 0.1) is 12.2 Å². The Kier molecular flexibility index (Phi) is 5.74. The molecule has 1 heterocycles. The van der Waals surface area contributed by atoms with E-state index < -0.39 is 11.7 Å². The van der Waals surface area contributed by atoms with Gasteiger partial charge in [-0.1, -0.05) is 13.8 Å². The van der Waals surface area contributed by atoms with E-state index in [-0.39, 0.29) is 5.88 Å². The van der Waals surface area contributed by atoms with Crippen molar-refractivity contribution in [3.63, 3.8) is 0 Å². The molecule has 2 nitrogen and oxygen atoms in total. The lowest BCUT2D eigenvalue weighted by Crippen LogP contribution is -2.05. The molecular weight excluding hydrogens is 207 g/mol. The van der Waals surface area contributed by atoms with Crippen molar-refractivity contribution < 1.29 is 17.9 Å². The topological polar surface area (TPSA) is 22.1 Å². The largest absolute Gasteiger partial charge is 0.478 e. The second-order valence-electron chi connectivity index (χ2n) is 2.32. The summed E-state index contributed by atoms with van der Waals surface area (Å²) in [6.07, 6.45) is -3.58. The Bertz CT molecular complexity index is 269. The fourth-order valence-corrected chi connectivity index (χ4v) is 0.781. The van der Waals surface area contributed by atoms with Crippen LogP contribution in [0.5, 0.6) is 5.88 Å². The average molecular weight is 221 g/mol. The van der Waals surface area contributed by atoms with E-state index in [0.717, 1.165) is 12.3 Å². The molecule has 1 rings (SSSR count). The second kappa shape index (κ2) is 6.27. The zero-order chi connectivity index (χ0) is 11.9. The minimum Gasteiger partial charge on any atom is -0.478 e. The molecule has 0 aliphatic heterocycles. The molecule has 0 aliphatic carbocycles. The monoisotopic (exact) mass is 221 g/mol. The van der Waals surface area contributed by atoms with Crippen LogP contribution < -0.4 is 4.74 Å². The highest BCUT2D eigenvalue weighted by molar-refractivity contribution is 5.19. The quantitative estimate of drug-likeness (QED) is 0.762. The molecule has 0 aliphatic rings. The minimum atomic E-state index is -4.34. The van der Waals surface area contributed by atoms with Crippen molar-refractivity contribution in [2.45, 2.75) is 26.9 Å². The molecule has 0 saturated carbocycles. The van der Waals surface area contributed by atoms with Gasteiger partial charge in [-0.15, -0.1) is 0 Å². The fourth-order valence-electron chi connectivity index (χ4n) is 0.781. The van der Waals surface area contributed by atoms with Crippen molar-refractivity contribution in [3.05, 3.63) is 23.9 Å². The molecule has 1 aromatic rings. The van der Waals surface area contributed by atoms with Crippen LogP contribution >= 0.6 is 0 Å². The zero-order valence-electron chi connectivity index (χ0n) is 8.93. The second-order valence-corrected chi connectivity index (χ2v) is 2.32. The van der Waals surface area contributed by atoms with E-state index in [2.05, 4.69) is 4.98 Å². The Morgan fingerprint density at radius 1 is 1.27 bits per heavy atom. The van der Waals surface area contributed by atoms with E-state index in [1.807, 2.05) is 13.8 Å². The number of alkyl halides is 3. The highest BCUT2D eigenvalue weighted by Gasteiger charge is 2.30. The number of nitrogens with zero attached hydrogens (tertiary/aromatic N) is 1. The number of hydrogen-bond acceptors (Lipinski definition) is 2. The van der Waals surface area contributed by atoms with Crippen molar-refractivity contribution in [2.24, 2.45) is 0 Å². The molecule has 15 heavy (non-hydrogen) atoms. The van der Waals surface area contributed by atoms with E-state index >= 15 is 0 Å². The third kappa shape index (κ3) is 4.67. The molecule has 0 N–H and O–H groups in total. The summed E-state index contributed by atoms with van der Waals surface area (Å²) in [5.41, 5.74) is -0.768. The van der Waals surface area contributed by atoms with E-state index in [1.54, 1.807) is 6.92 Å². The lowest BCUT2D eigenvalue weighted by Gasteiger charge is -2.06. The summed E-state index contributed by atoms with van der Waals surface area (Å²) < 4.78 is 41.0. The summed E-state index contributed by atoms with van der Waals surface area (Å²) in [6, 6.07) is 2.14.